The predicted molar refractivity (Wildman–Crippen MR) is 292 cm³/mol. The second kappa shape index (κ2) is 57.4. The largest absolute Gasteiger partial charge is 0.466 e. The minimum absolute atomic E-state index is 0.0131. The maximum atomic E-state index is 12.5. The Bertz CT molecular complexity index is 959. The van der Waals surface area contributed by atoms with Gasteiger partial charge < -0.3 is 20.3 Å². The first kappa shape index (κ1) is 65.9. The number of carbonyl (C=O) groups excluding carboxylic acids is 2. The van der Waals surface area contributed by atoms with E-state index in [-0.39, 0.29) is 18.5 Å². The summed E-state index contributed by atoms with van der Waals surface area (Å²) in [6, 6.07) is -0.542. The highest BCUT2D eigenvalue weighted by atomic mass is 16.5. The summed E-state index contributed by atoms with van der Waals surface area (Å²) < 4.78 is 5.49. The maximum Gasteiger partial charge on any atom is 0.305 e. The summed E-state index contributed by atoms with van der Waals surface area (Å²) in [5, 5.41) is 23.3. The van der Waals surface area contributed by atoms with Crippen LogP contribution in [0.15, 0.2) is 0 Å². The van der Waals surface area contributed by atoms with E-state index in [1.165, 1.54) is 283 Å². The predicted octanol–water partition coefficient (Wildman–Crippen LogP) is 19.1. The molecular weight excluding hydrogens is 827 g/mol. The van der Waals surface area contributed by atoms with E-state index in [9.17, 15) is 19.8 Å². The van der Waals surface area contributed by atoms with Crippen molar-refractivity contribution < 1.29 is 24.5 Å². The molecule has 2 atom stereocenters. The average Bonchev–Trinajstić information content (AvgIpc) is 3.33. The van der Waals surface area contributed by atoms with Crippen molar-refractivity contribution in [1.29, 1.82) is 0 Å². The van der Waals surface area contributed by atoms with Gasteiger partial charge in [0.2, 0.25) is 5.91 Å². The van der Waals surface area contributed by atoms with Crippen LogP contribution in [0.1, 0.15) is 354 Å². The van der Waals surface area contributed by atoms with Crippen molar-refractivity contribution in [3.05, 3.63) is 0 Å². The van der Waals surface area contributed by atoms with Crippen LogP contribution in [-0.4, -0.2) is 47.4 Å². The van der Waals surface area contributed by atoms with Crippen LogP contribution in [-0.2, 0) is 14.3 Å². The summed E-state index contributed by atoms with van der Waals surface area (Å²) in [6.45, 7) is 4.98. The van der Waals surface area contributed by atoms with Crippen molar-refractivity contribution in [2.45, 2.75) is 366 Å². The van der Waals surface area contributed by atoms with Crippen LogP contribution < -0.4 is 5.32 Å². The molecule has 0 aliphatic heterocycles. The molecule has 0 aliphatic rings. The second-order valence-electron chi connectivity index (χ2n) is 21.4. The minimum atomic E-state index is -0.665. The van der Waals surface area contributed by atoms with Gasteiger partial charge in [-0.3, -0.25) is 9.59 Å². The van der Waals surface area contributed by atoms with E-state index in [0.717, 1.165) is 38.5 Å². The molecule has 2 unspecified atom stereocenters. The molecule has 3 N–H and O–H groups in total. The van der Waals surface area contributed by atoms with Crippen molar-refractivity contribution in [1.82, 2.24) is 5.32 Å². The molecule has 0 saturated heterocycles. The maximum absolute atomic E-state index is 12.5. The number of unbranched alkanes of at least 4 members (excludes halogenated alkanes) is 47. The number of hydrogen-bond acceptors (Lipinski definition) is 5. The molecule has 0 bridgehead atoms. The lowest BCUT2D eigenvalue weighted by molar-refractivity contribution is -0.143. The Hall–Kier alpha value is -1.14. The highest BCUT2D eigenvalue weighted by Crippen LogP contribution is 2.18. The van der Waals surface area contributed by atoms with Gasteiger partial charge in [0, 0.05) is 12.8 Å². The molecule has 0 aromatic heterocycles. The summed E-state index contributed by atoms with van der Waals surface area (Å²) in [5.74, 6) is -0.0213. The smallest absolute Gasteiger partial charge is 0.305 e. The number of hydrogen-bond donors (Lipinski definition) is 3. The first-order chi connectivity index (χ1) is 33.0. The van der Waals surface area contributed by atoms with Gasteiger partial charge in [0.15, 0.2) is 0 Å². The summed E-state index contributed by atoms with van der Waals surface area (Å²) in [4.78, 5) is 24.6. The lowest BCUT2D eigenvalue weighted by atomic mass is 10.0. The lowest BCUT2D eigenvalue weighted by Crippen LogP contribution is -2.45. The lowest BCUT2D eigenvalue weighted by Gasteiger charge is -2.22. The van der Waals surface area contributed by atoms with Gasteiger partial charge >= 0.3 is 5.97 Å². The van der Waals surface area contributed by atoms with Gasteiger partial charge in [-0.25, -0.2) is 0 Å². The number of nitrogens with one attached hydrogen (secondary N) is 1. The highest BCUT2D eigenvalue weighted by molar-refractivity contribution is 5.76. The van der Waals surface area contributed by atoms with Crippen molar-refractivity contribution in [2.75, 3.05) is 13.2 Å². The molecule has 6 heteroatoms. The van der Waals surface area contributed by atoms with Crippen LogP contribution in [0.3, 0.4) is 0 Å². The number of aliphatic hydroxyl groups is 2. The van der Waals surface area contributed by atoms with Crippen molar-refractivity contribution in [3.63, 3.8) is 0 Å². The summed E-state index contributed by atoms with van der Waals surface area (Å²) in [7, 11) is 0. The zero-order valence-corrected chi connectivity index (χ0v) is 45.7. The van der Waals surface area contributed by atoms with Crippen LogP contribution in [0, 0.1) is 0 Å². The van der Waals surface area contributed by atoms with Gasteiger partial charge in [0.1, 0.15) is 0 Å². The quantitative estimate of drug-likeness (QED) is 0.0417. The third kappa shape index (κ3) is 54.0. The molecule has 1 amide bonds. The molecule has 6 nitrogen and oxygen atoms in total. The highest BCUT2D eigenvalue weighted by Gasteiger charge is 2.20. The molecule has 400 valence electrons. The molecule has 0 spiro atoms. The van der Waals surface area contributed by atoms with Crippen molar-refractivity contribution in [2.24, 2.45) is 0 Å². The molecule has 0 saturated carbocycles. The van der Waals surface area contributed by atoms with Crippen LogP contribution in [0.25, 0.3) is 0 Å². The Balaban J connectivity index is 3.37. The number of esters is 1. The van der Waals surface area contributed by atoms with Gasteiger partial charge in [-0.05, 0) is 25.7 Å². The summed E-state index contributed by atoms with van der Waals surface area (Å²) in [6.07, 6.45) is 66.7. The standard InChI is InChI=1S/C61H121NO5/c1-3-5-7-9-11-13-15-17-19-26-29-33-37-41-45-49-53-59(64)58(57-63)62-60(65)54-50-46-42-38-34-30-27-23-21-20-22-24-28-32-36-40-44-48-52-56-67-61(66)55-51-47-43-39-35-31-25-18-16-14-12-10-8-6-4-2/h58-59,63-64H,3-57H2,1-2H3,(H,62,65). The average molecular weight is 949 g/mol. The van der Waals surface area contributed by atoms with Crippen molar-refractivity contribution in [3.8, 4) is 0 Å². The van der Waals surface area contributed by atoms with Gasteiger partial charge in [-0.2, -0.15) is 0 Å². The topological polar surface area (TPSA) is 95.9 Å². The Labute approximate surface area is 419 Å². The fraction of sp³-hybridized carbons (Fsp3) is 0.967. The zero-order valence-electron chi connectivity index (χ0n) is 45.7. The number of rotatable bonds is 58. The van der Waals surface area contributed by atoms with Gasteiger partial charge in [0.25, 0.3) is 0 Å². The van der Waals surface area contributed by atoms with Crippen LogP contribution >= 0.6 is 0 Å². The molecular formula is C61H121NO5. The van der Waals surface area contributed by atoms with Gasteiger partial charge in [0.05, 0.1) is 25.4 Å². The first-order valence-electron chi connectivity index (χ1n) is 30.8. The zero-order chi connectivity index (χ0) is 48.6. The monoisotopic (exact) mass is 948 g/mol. The Morgan fingerprint density at radius 1 is 0.358 bits per heavy atom. The number of amides is 1. The van der Waals surface area contributed by atoms with Crippen LogP contribution in [0.4, 0.5) is 0 Å². The first-order valence-corrected chi connectivity index (χ1v) is 30.8. The number of aliphatic hydroxyl groups excluding tert-OH is 2. The van der Waals surface area contributed by atoms with E-state index in [4.69, 9.17) is 4.74 Å². The molecule has 67 heavy (non-hydrogen) atoms. The van der Waals surface area contributed by atoms with E-state index >= 15 is 0 Å². The van der Waals surface area contributed by atoms with E-state index < -0.39 is 12.1 Å². The molecule has 0 aromatic rings. The fourth-order valence-corrected chi connectivity index (χ4v) is 9.94. The number of ether oxygens (including phenoxy) is 1. The van der Waals surface area contributed by atoms with E-state index in [0.29, 0.717) is 25.9 Å². The second-order valence-corrected chi connectivity index (χ2v) is 21.4. The number of carbonyl (C=O) groups is 2. The van der Waals surface area contributed by atoms with Gasteiger partial charge in [-0.1, -0.05) is 316 Å². The third-order valence-corrected chi connectivity index (χ3v) is 14.7. The van der Waals surface area contributed by atoms with E-state index in [1.54, 1.807) is 0 Å². The molecule has 0 heterocycles. The Morgan fingerprint density at radius 2 is 0.612 bits per heavy atom. The summed E-state index contributed by atoms with van der Waals surface area (Å²) >= 11 is 0. The van der Waals surface area contributed by atoms with E-state index in [1.807, 2.05) is 0 Å². The van der Waals surface area contributed by atoms with E-state index in [2.05, 4.69) is 19.2 Å². The van der Waals surface area contributed by atoms with Crippen LogP contribution in [0.2, 0.25) is 0 Å². The van der Waals surface area contributed by atoms with Crippen molar-refractivity contribution >= 4 is 11.9 Å². The Kier molecular flexibility index (Phi) is 56.5. The normalized spacial score (nSPS) is 12.5. The fourth-order valence-electron chi connectivity index (χ4n) is 9.94. The minimum Gasteiger partial charge on any atom is -0.466 e. The Morgan fingerprint density at radius 3 is 0.910 bits per heavy atom. The molecule has 0 fully saturated rings. The molecule has 0 aliphatic carbocycles. The SMILES string of the molecule is CCCCCCCCCCCCCCCCCCC(O)C(CO)NC(=O)CCCCCCCCCCCCCCCCCCCCCOC(=O)CCCCCCCCCCCCCCCCC. The van der Waals surface area contributed by atoms with Crippen LogP contribution in [0.5, 0.6) is 0 Å². The molecule has 0 aromatic carbocycles. The molecule has 0 radical (unpaired) electrons. The third-order valence-electron chi connectivity index (χ3n) is 14.7. The van der Waals surface area contributed by atoms with Gasteiger partial charge in [-0.15, -0.1) is 0 Å². The summed E-state index contributed by atoms with van der Waals surface area (Å²) in [5.41, 5.74) is 0. The molecule has 0 rings (SSSR count).